The zero-order valence-electron chi connectivity index (χ0n) is 11.5. The van der Waals surface area contributed by atoms with Gasteiger partial charge in [0.15, 0.2) is 5.76 Å². The largest absolute Gasteiger partial charge is 0.360 e. The van der Waals surface area contributed by atoms with Gasteiger partial charge in [0, 0.05) is 12.6 Å². The molecule has 0 aliphatic heterocycles. The maximum atomic E-state index is 11.7. The normalized spacial score (nSPS) is 12.4. The number of unbranched alkanes of at least 4 members (excludes halogenated alkanes) is 2. The molecule has 1 aromatic rings. The highest BCUT2D eigenvalue weighted by Crippen LogP contribution is 2.01. The lowest BCUT2D eigenvalue weighted by Gasteiger charge is -2.12. The molecule has 0 aliphatic rings. The van der Waals surface area contributed by atoms with E-state index in [9.17, 15) is 4.79 Å². The fraction of sp³-hybridized carbons (Fsp3) is 0.692. The second-order valence-corrected chi connectivity index (χ2v) is 4.54. The van der Waals surface area contributed by atoms with Gasteiger partial charge in [0.2, 0.25) is 5.91 Å². The lowest BCUT2D eigenvalue weighted by Crippen LogP contribution is -2.42. The minimum Gasteiger partial charge on any atom is -0.360 e. The van der Waals surface area contributed by atoms with Crippen LogP contribution in [0.1, 0.15) is 44.6 Å². The molecular weight excluding hydrogens is 230 g/mol. The average molecular weight is 253 g/mol. The first-order valence-electron chi connectivity index (χ1n) is 6.56. The number of hydrogen-bond acceptors (Lipinski definition) is 4. The van der Waals surface area contributed by atoms with E-state index in [0.29, 0.717) is 6.54 Å². The van der Waals surface area contributed by atoms with E-state index in [1.165, 1.54) is 0 Å². The van der Waals surface area contributed by atoms with Crippen molar-refractivity contribution in [3.8, 4) is 0 Å². The Bertz CT molecular complexity index is 363. The van der Waals surface area contributed by atoms with Crippen molar-refractivity contribution in [3.05, 3.63) is 17.5 Å². The van der Waals surface area contributed by atoms with Crippen LogP contribution in [0.2, 0.25) is 0 Å². The van der Waals surface area contributed by atoms with E-state index in [4.69, 9.17) is 4.52 Å². The first-order valence-corrected chi connectivity index (χ1v) is 6.56. The third-order valence-corrected chi connectivity index (χ3v) is 2.73. The minimum atomic E-state index is -0.225. The van der Waals surface area contributed by atoms with E-state index in [1.807, 2.05) is 19.9 Å². The highest BCUT2D eigenvalue weighted by atomic mass is 16.5. The molecule has 102 valence electrons. The molecule has 1 heterocycles. The summed E-state index contributed by atoms with van der Waals surface area (Å²) in [7, 11) is 0. The molecule has 18 heavy (non-hydrogen) atoms. The van der Waals surface area contributed by atoms with Crippen LogP contribution in [0.25, 0.3) is 0 Å². The van der Waals surface area contributed by atoms with Gasteiger partial charge in [-0.3, -0.25) is 10.1 Å². The van der Waals surface area contributed by atoms with E-state index in [2.05, 4.69) is 22.7 Å². The summed E-state index contributed by atoms with van der Waals surface area (Å²) in [4.78, 5) is 11.7. The van der Waals surface area contributed by atoms with Gasteiger partial charge < -0.3 is 9.84 Å². The van der Waals surface area contributed by atoms with Crippen LogP contribution in [0.5, 0.6) is 0 Å². The van der Waals surface area contributed by atoms with Crippen molar-refractivity contribution in [3.63, 3.8) is 0 Å². The fourth-order valence-electron chi connectivity index (χ4n) is 1.59. The summed E-state index contributed by atoms with van der Waals surface area (Å²) in [6.45, 7) is 7.13. The first kappa shape index (κ1) is 14.7. The van der Waals surface area contributed by atoms with Crippen molar-refractivity contribution in [1.82, 2.24) is 15.8 Å². The van der Waals surface area contributed by atoms with Crippen LogP contribution in [-0.4, -0.2) is 23.7 Å². The molecule has 1 atom stereocenters. The highest BCUT2D eigenvalue weighted by molar-refractivity contribution is 5.81. The minimum absolute atomic E-state index is 0.0299. The van der Waals surface area contributed by atoms with Crippen molar-refractivity contribution < 1.29 is 9.32 Å². The highest BCUT2D eigenvalue weighted by Gasteiger charge is 2.12. The topological polar surface area (TPSA) is 67.2 Å². The van der Waals surface area contributed by atoms with E-state index in [-0.39, 0.29) is 11.9 Å². The summed E-state index contributed by atoms with van der Waals surface area (Å²) in [5, 5.41) is 9.81. The predicted octanol–water partition coefficient (Wildman–Crippen LogP) is 1.77. The quantitative estimate of drug-likeness (QED) is 0.693. The summed E-state index contributed by atoms with van der Waals surface area (Å²) in [6.07, 6.45) is 3.35. The van der Waals surface area contributed by atoms with Gasteiger partial charge in [-0.2, -0.15) is 0 Å². The second-order valence-electron chi connectivity index (χ2n) is 4.54. The van der Waals surface area contributed by atoms with Crippen LogP contribution >= 0.6 is 0 Å². The molecular formula is C13H23N3O2. The Morgan fingerprint density at radius 1 is 1.50 bits per heavy atom. The molecule has 0 spiro atoms. The summed E-state index contributed by atoms with van der Waals surface area (Å²) < 4.78 is 5.06. The Morgan fingerprint density at radius 2 is 2.28 bits per heavy atom. The average Bonchev–Trinajstić information content (AvgIpc) is 2.77. The molecule has 0 radical (unpaired) electrons. The molecule has 1 rings (SSSR count). The zero-order chi connectivity index (χ0) is 13.4. The predicted molar refractivity (Wildman–Crippen MR) is 70.1 cm³/mol. The Balaban J connectivity index is 2.19. The van der Waals surface area contributed by atoms with Crippen molar-refractivity contribution in [2.45, 2.75) is 52.6 Å². The van der Waals surface area contributed by atoms with E-state index in [0.717, 1.165) is 37.3 Å². The summed E-state index contributed by atoms with van der Waals surface area (Å²) in [6, 6.07) is 1.64. The van der Waals surface area contributed by atoms with Crippen LogP contribution in [0, 0.1) is 6.92 Å². The van der Waals surface area contributed by atoms with Crippen LogP contribution in [0.15, 0.2) is 10.6 Å². The van der Waals surface area contributed by atoms with Crippen molar-refractivity contribution in [1.29, 1.82) is 0 Å². The number of carbonyl (C=O) groups excluding carboxylic acids is 1. The van der Waals surface area contributed by atoms with Crippen LogP contribution in [-0.2, 0) is 11.3 Å². The monoisotopic (exact) mass is 253 g/mol. The standard InChI is InChI=1S/C13H23N3O2/c1-4-5-6-7-14-13(17)11(3)15-9-12-8-10(2)16-18-12/h8,11,15H,4-7,9H2,1-3H3,(H,14,17). The van der Waals surface area contributed by atoms with Crippen LogP contribution in [0.4, 0.5) is 0 Å². The van der Waals surface area contributed by atoms with E-state index in [1.54, 1.807) is 0 Å². The lowest BCUT2D eigenvalue weighted by molar-refractivity contribution is -0.122. The molecule has 1 amide bonds. The Labute approximate surface area is 108 Å². The third kappa shape index (κ3) is 5.31. The SMILES string of the molecule is CCCCCNC(=O)C(C)NCc1cc(C)no1. The molecule has 2 N–H and O–H groups in total. The number of nitrogens with zero attached hydrogens (tertiary/aromatic N) is 1. The number of aryl methyl sites for hydroxylation is 1. The maximum absolute atomic E-state index is 11.7. The summed E-state index contributed by atoms with van der Waals surface area (Å²) in [5.74, 6) is 0.778. The van der Waals surface area contributed by atoms with Gasteiger partial charge in [-0.1, -0.05) is 24.9 Å². The summed E-state index contributed by atoms with van der Waals surface area (Å²) in [5.41, 5.74) is 0.850. The van der Waals surface area contributed by atoms with Crippen LogP contribution < -0.4 is 10.6 Å². The molecule has 1 unspecified atom stereocenters. The number of nitrogens with one attached hydrogen (secondary N) is 2. The molecule has 0 aromatic carbocycles. The number of rotatable bonds is 8. The molecule has 0 saturated carbocycles. The Kier molecular flexibility index (Phi) is 6.43. The molecule has 0 saturated heterocycles. The third-order valence-electron chi connectivity index (χ3n) is 2.73. The van der Waals surface area contributed by atoms with E-state index >= 15 is 0 Å². The number of amides is 1. The Morgan fingerprint density at radius 3 is 2.89 bits per heavy atom. The van der Waals surface area contributed by atoms with Crippen molar-refractivity contribution >= 4 is 5.91 Å². The van der Waals surface area contributed by atoms with Gasteiger partial charge in [-0.15, -0.1) is 0 Å². The molecule has 1 aromatic heterocycles. The van der Waals surface area contributed by atoms with Gasteiger partial charge >= 0.3 is 0 Å². The van der Waals surface area contributed by atoms with Gasteiger partial charge in [0.05, 0.1) is 18.3 Å². The smallest absolute Gasteiger partial charge is 0.236 e. The molecule has 0 fully saturated rings. The van der Waals surface area contributed by atoms with Crippen molar-refractivity contribution in [2.24, 2.45) is 0 Å². The van der Waals surface area contributed by atoms with Gasteiger partial charge in [-0.25, -0.2) is 0 Å². The lowest BCUT2D eigenvalue weighted by atomic mass is 10.2. The van der Waals surface area contributed by atoms with Gasteiger partial charge in [0.25, 0.3) is 0 Å². The number of carbonyl (C=O) groups is 1. The molecule has 5 nitrogen and oxygen atoms in total. The Hall–Kier alpha value is -1.36. The van der Waals surface area contributed by atoms with Crippen LogP contribution in [0.3, 0.4) is 0 Å². The molecule has 0 bridgehead atoms. The molecule has 5 heteroatoms. The van der Waals surface area contributed by atoms with Gasteiger partial charge in [-0.05, 0) is 20.3 Å². The number of aromatic nitrogens is 1. The summed E-state index contributed by atoms with van der Waals surface area (Å²) >= 11 is 0. The second kappa shape index (κ2) is 7.87. The molecule has 0 aliphatic carbocycles. The first-order chi connectivity index (χ1) is 8.63. The van der Waals surface area contributed by atoms with E-state index < -0.39 is 0 Å². The maximum Gasteiger partial charge on any atom is 0.236 e. The number of hydrogen-bond donors (Lipinski definition) is 2. The van der Waals surface area contributed by atoms with Crippen molar-refractivity contribution in [2.75, 3.05) is 6.54 Å². The van der Waals surface area contributed by atoms with Gasteiger partial charge in [0.1, 0.15) is 0 Å². The fourth-order valence-corrected chi connectivity index (χ4v) is 1.59. The zero-order valence-corrected chi connectivity index (χ0v) is 11.5.